The summed E-state index contributed by atoms with van der Waals surface area (Å²) in [6.45, 7) is 6.18. The molecule has 0 bridgehead atoms. The van der Waals surface area contributed by atoms with Gasteiger partial charge < -0.3 is 10.1 Å². The minimum atomic E-state index is 0.584. The quantitative estimate of drug-likeness (QED) is 0.783. The highest BCUT2D eigenvalue weighted by Crippen LogP contribution is 2.16. The molecule has 0 saturated carbocycles. The van der Waals surface area contributed by atoms with Crippen molar-refractivity contribution in [3.63, 3.8) is 0 Å². The number of rotatable bonds is 8. The topological polar surface area (TPSA) is 21.3 Å². The standard InChI is InChI=1S/C14H22BrNO/c1-3-5-13(16-4-2)10-11-17-14-8-6-12(15)7-9-14/h6-9,13,16H,3-5,10-11H2,1-2H3. The van der Waals surface area contributed by atoms with Crippen molar-refractivity contribution >= 4 is 15.9 Å². The van der Waals surface area contributed by atoms with Crippen LogP contribution in [0, 0.1) is 0 Å². The molecule has 1 unspecified atom stereocenters. The summed E-state index contributed by atoms with van der Waals surface area (Å²) in [5.41, 5.74) is 0. The molecule has 0 aromatic heterocycles. The third kappa shape index (κ3) is 6.08. The fourth-order valence-electron chi connectivity index (χ4n) is 1.84. The van der Waals surface area contributed by atoms with E-state index in [1.54, 1.807) is 0 Å². The number of ether oxygens (including phenoxy) is 1. The number of benzene rings is 1. The Hall–Kier alpha value is -0.540. The fourth-order valence-corrected chi connectivity index (χ4v) is 2.10. The Labute approximate surface area is 113 Å². The van der Waals surface area contributed by atoms with Crippen LogP contribution in [0.2, 0.25) is 0 Å². The maximum atomic E-state index is 5.72. The molecule has 1 aromatic carbocycles. The zero-order valence-electron chi connectivity index (χ0n) is 10.7. The van der Waals surface area contributed by atoms with E-state index < -0.39 is 0 Å². The van der Waals surface area contributed by atoms with Crippen LogP contribution in [0.25, 0.3) is 0 Å². The normalized spacial score (nSPS) is 12.4. The van der Waals surface area contributed by atoms with Gasteiger partial charge >= 0.3 is 0 Å². The van der Waals surface area contributed by atoms with Gasteiger partial charge in [0.1, 0.15) is 5.75 Å². The molecule has 1 N–H and O–H groups in total. The average Bonchev–Trinajstić information content (AvgIpc) is 2.32. The smallest absolute Gasteiger partial charge is 0.119 e. The maximum absolute atomic E-state index is 5.72. The summed E-state index contributed by atoms with van der Waals surface area (Å²) in [6.07, 6.45) is 3.51. The van der Waals surface area contributed by atoms with Crippen LogP contribution < -0.4 is 10.1 Å². The van der Waals surface area contributed by atoms with Crippen molar-refractivity contribution in [3.8, 4) is 5.75 Å². The molecule has 96 valence electrons. The predicted octanol–water partition coefficient (Wildman–Crippen LogP) is 4.00. The van der Waals surface area contributed by atoms with E-state index in [-0.39, 0.29) is 0 Å². The van der Waals surface area contributed by atoms with Gasteiger partial charge in [-0.25, -0.2) is 0 Å². The van der Waals surface area contributed by atoms with Crippen LogP contribution >= 0.6 is 15.9 Å². The van der Waals surface area contributed by atoms with E-state index in [0.29, 0.717) is 6.04 Å². The lowest BCUT2D eigenvalue weighted by Gasteiger charge is -2.17. The van der Waals surface area contributed by atoms with Crippen molar-refractivity contribution in [3.05, 3.63) is 28.7 Å². The third-order valence-electron chi connectivity index (χ3n) is 2.68. The minimum Gasteiger partial charge on any atom is -0.494 e. The maximum Gasteiger partial charge on any atom is 0.119 e. The summed E-state index contributed by atoms with van der Waals surface area (Å²) in [7, 11) is 0. The largest absolute Gasteiger partial charge is 0.494 e. The number of hydrogen-bond donors (Lipinski definition) is 1. The molecule has 1 atom stereocenters. The second-order valence-electron chi connectivity index (χ2n) is 4.13. The van der Waals surface area contributed by atoms with Gasteiger partial charge in [-0.2, -0.15) is 0 Å². The molecule has 0 amide bonds. The number of nitrogens with one attached hydrogen (secondary N) is 1. The zero-order valence-corrected chi connectivity index (χ0v) is 12.3. The van der Waals surface area contributed by atoms with E-state index in [2.05, 4.69) is 35.1 Å². The lowest BCUT2D eigenvalue weighted by molar-refractivity contribution is 0.281. The van der Waals surface area contributed by atoms with Crippen LogP contribution in [0.1, 0.15) is 33.1 Å². The Kier molecular flexibility index (Phi) is 7.29. The Balaban J connectivity index is 2.27. The van der Waals surface area contributed by atoms with Gasteiger partial charge in [-0.15, -0.1) is 0 Å². The van der Waals surface area contributed by atoms with Gasteiger partial charge in [-0.1, -0.05) is 36.2 Å². The Morgan fingerprint density at radius 3 is 2.47 bits per heavy atom. The van der Waals surface area contributed by atoms with E-state index in [1.165, 1.54) is 12.8 Å². The summed E-state index contributed by atoms with van der Waals surface area (Å²) >= 11 is 3.41. The van der Waals surface area contributed by atoms with Crippen molar-refractivity contribution in [2.45, 2.75) is 39.2 Å². The van der Waals surface area contributed by atoms with Crippen LogP contribution in [0.5, 0.6) is 5.75 Å². The third-order valence-corrected chi connectivity index (χ3v) is 3.21. The van der Waals surface area contributed by atoms with Gasteiger partial charge in [0, 0.05) is 10.5 Å². The van der Waals surface area contributed by atoms with Gasteiger partial charge in [0.2, 0.25) is 0 Å². The number of halogens is 1. The molecule has 1 aromatic rings. The van der Waals surface area contributed by atoms with Gasteiger partial charge in [0.25, 0.3) is 0 Å². The van der Waals surface area contributed by atoms with Crippen molar-refractivity contribution in [1.82, 2.24) is 5.32 Å². The molecule has 3 heteroatoms. The molecule has 0 aliphatic heterocycles. The molecule has 0 radical (unpaired) electrons. The van der Waals surface area contributed by atoms with Crippen LogP contribution in [0.15, 0.2) is 28.7 Å². The van der Waals surface area contributed by atoms with Crippen molar-refractivity contribution in [2.24, 2.45) is 0 Å². The molecule has 2 nitrogen and oxygen atoms in total. The summed E-state index contributed by atoms with van der Waals surface area (Å²) < 4.78 is 6.81. The van der Waals surface area contributed by atoms with Crippen LogP contribution in [0.3, 0.4) is 0 Å². The molecule has 0 saturated heterocycles. The molecular weight excluding hydrogens is 278 g/mol. The summed E-state index contributed by atoms with van der Waals surface area (Å²) in [4.78, 5) is 0. The zero-order chi connectivity index (χ0) is 12.5. The van der Waals surface area contributed by atoms with Gasteiger partial charge in [-0.3, -0.25) is 0 Å². The Morgan fingerprint density at radius 2 is 1.88 bits per heavy atom. The van der Waals surface area contributed by atoms with Crippen LogP contribution in [-0.4, -0.2) is 19.2 Å². The molecule has 0 aliphatic rings. The number of hydrogen-bond acceptors (Lipinski definition) is 2. The van der Waals surface area contributed by atoms with Crippen LogP contribution in [-0.2, 0) is 0 Å². The monoisotopic (exact) mass is 299 g/mol. The first-order chi connectivity index (χ1) is 8.26. The first-order valence-electron chi connectivity index (χ1n) is 6.38. The summed E-state index contributed by atoms with van der Waals surface area (Å²) in [6, 6.07) is 8.57. The van der Waals surface area contributed by atoms with Gasteiger partial charge in [-0.05, 0) is 43.7 Å². The second kappa shape index (κ2) is 8.54. The summed E-state index contributed by atoms with van der Waals surface area (Å²) in [5, 5.41) is 3.49. The molecule has 0 aliphatic carbocycles. The van der Waals surface area contributed by atoms with E-state index in [4.69, 9.17) is 4.74 Å². The highest BCUT2D eigenvalue weighted by molar-refractivity contribution is 9.10. The first-order valence-corrected chi connectivity index (χ1v) is 7.17. The van der Waals surface area contributed by atoms with E-state index in [9.17, 15) is 0 Å². The molecule has 1 rings (SSSR count). The Morgan fingerprint density at radius 1 is 1.18 bits per heavy atom. The minimum absolute atomic E-state index is 0.584. The fraction of sp³-hybridized carbons (Fsp3) is 0.571. The lowest BCUT2D eigenvalue weighted by atomic mass is 10.1. The van der Waals surface area contributed by atoms with E-state index >= 15 is 0 Å². The van der Waals surface area contributed by atoms with Gasteiger partial charge in [0.05, 0.1) is 6.61 Å². The summed E-state index contributed by atoms with van der Waals surface area (Å²) in [5.74, 6) is 0.944. The molecule has 17 heavy (non-hydrogen) atoms. The molecule has 0 heterocycles. The second-order valence-corrected chi connectivity index (χ2v) is 5.05. The lowest BCUT2D eigenvalue weighted by Crippen LogP contribution is -2.30. The van der Waals surface area contributed by atoms with E-state index in [0.717, 1.165) is 29.8 Å². The first kappa shape index (κ1) is 14.5. The van der Waals surface area contributed by atoms with Crippen LogP contribution in [0.4, 0.5) is 0 Å². The highest BCUT2D eigenvalue weighted by atomic mass is 79.9. The molecular formula is C14H22BrNO. The van der Waals surface area contributed by atoms with Crippen molar-refractivity contribution in [1.29, 1.82) is 0 Å². The Bertz CT molecular complexity index is 294. The highest BCUT2D eigenvalue weighted by Gasteiger charge is 2.05. The van der Waals surface area contributed by atoms with Crippen molar-refractivity contribution < 1.29 is 4.74 Å². The molecule has 0 spiro atoms. The SMILES string of the molecule is CCCC(CCOc1ccc(Br)cc1)NCC. The van der Waals surface area contributed by atoms with E-state index in [1.807, 2.05) is 24.3 Å². The van der Waals surface area contributed by atoms with Gasteiger partial charge in [0.15, 0.2) is 0 Å². The predicted molar refractivity (Wildman–Crippen MR) is 76.6 cm³/mol. The van der Waals surface area contributed by atoms with Crippen molar-refractivity contribution in [2.75, 3.05) is 13.2 Å². The molecule has 0 fully saturated rings. The average molecular weight is 300 g/mol.